The minimum Gasteiger partial charge on any atom is -0.381 e. The van der Waals surface area contributed by atoms with Gasteiger partial charge in [-0.15, -0.1) is 0 Å². The zero-order chi connectivity index (χ0) is 16.7. The van der Waals surface area contributed by atoms with Crippen molar-refractivity contribution in [3.8, 4) is 5.75 Å². The highest BCUT2D eigenvalue weighted by atomic mass is 79.9. The molecule has 0 saturated heterocycles. The number of benzene rings is 2. The van der Waals surface area contributed by atoms with Crippen molar-refractivity contribution in [3.63, 3.8) is 0 Å². The lowest BCUT2D eigenvalue weighted by atomic mass is 10.0. The molecule has 1 aliphatic rings. The number of nitrogens with zero attached hydrogens (tertiary/aromatic N) is 1. The summed E-state index contributed by atoms with van der Waals surface area (Å²) in [6.07, 6.45) is 4.16. The molecule has 4 rings (SSSR count). The molecule has 2 aromatic carbocycles. The van der Waals surface area contributed by atoms with Crippen molar-refractivity contribution in [2.45, 2.75) is 25.7 Å². The zero-order valence-electron chi connectivity index (χ0n) is 13.1. The van der Waals surface area contributed by atoms with E-state index in [0.717, 1.165) is 23.8 Å². The number of hydrogen-bond donors (Lipinski definition) is 1. The van der Waals surface area contributed by atoms with Crippen molar-refractivity contribution < 1.29 is 9.23 Å². The van der Waals surface area contributed by atoms with Crippen LogP contribution in [0.1, 0.15) is 29.9 Å². The Balaban J connectivity index is 1.66. The number of aryl methyl sites for hydroxylation is 1. The molecule has 0 spiro atoms. The molecule has 5 heteroatoms. The summed E-state index contributed by atoms with van der Waals surface area (Å²) in [5.41, 5.74) is 4.89. The van der Waals surface area contributed by atoms with E-state index in [1.165, 1.54) is 17.0 Å². The molecule has 1 fully saturated rings. The molecule has 1 aliphatic carbocycles. The third kappa shape index (κ3) is 2.84. The minimum absolute atomic E-state index is 0.347. The highest BCUT2D eigenvalue weighted by Gasteiger charge is 2.29. The molecular weight excluding hydrogens is 371 g/mol. The van der Waals surface area contributed by atoms with E-state index in [0.29, 0.717) is 22.0 Å². The first-order valence-electron chi connectivity index (χ1n) is 7.89. The van der Waals surface area contributed by atoms with Crippen LogP contribution in [0.2, 0.25) is 0 Å². The average molecular weight is 387 g/mol. The Morgan fingerprint density at radius 3 is 2.79 bits per heavy atom. The van der Waals surface area contributed by atoms with Crippen LogP contribution < -0.4 is 10.3 Å². The first-order valence-corrected chi connectivity index (χ1v) is 8.69. The van der Waals surface area contributed by atoms with Gasteiger partial charge in [0.05, 0.1) is 4.47 Å². The Labute approximate surface area is 147 Å². The van der Waals surface area contributed by atoms with Gasteiger partial charge in [-0.3, -0.25) is 0 Å². The summed E-state index contributed by atoms with van der Waals surface area (Å²) in [5, 5.41) is 2.31. The summed E-state index contributed by atoms with van der Waals surface area (Å²) in [7, 11) is 0. The molecule has 0 atom stereocenters. The molecule has 0 bridgehead atoms. The van der Waals surface area contributed by atoms with Crippen LogP contribution >= 0.6 is 15.9 Å². The van der Waals surface area contributed by atoms with Gasteiger partial charge < -0.3 is 4.84 Å². The van der Waals surface area contributed by atoms with Gasteiger partial charge in [-0.05, 0) is 58.6 Å². The Morgan fingerprint density at radius 2 is 2.04 bits per heavy atom. The second-order valence-corrected chi connectivity index (χ2v) is 6.92. The van der Waals surface area contributed by atoms with Gasteiger partial charge >= 0.3 is 0 Å². The van der Waals surface area contributed by atoms with Gasteiger partial charge in [-0.25, -0.2) is 14.9 Å². The summed E-state index contributed by atoms with van der Waals surface area (Å²) in [6.45, 7) is 1.82. The molecule has 1 aromatic heterocycles. The molecule has 0 amide bonds. The van der Waals surface area contributed by atoms with E-state index in [2.05, 4.69) is 38.5 Å². The van der Waals surface area contributed by atoms with E-state index in [1.54, 1.807) is 6.07 Å². The molecule has 3 nitrogen and oxygen atoms in total. The van der Waals surface area contributed by atoms with Crippen molar-refractivity contribution >= 4 is 32.5 Å². The predicted molar refractivity (Wildman–Crippen MR) is 96.8 cm³/mol. The van der Waals surface area contributed by atoms with Crippen LogP contribution in [0.25, 0.3) is 10.8 Å². The van der Waals surface area contributed by atoms with E-state index in [1.807, 2.05) is 25.3 Å². The van der Waals surface area contributed by atoms with E-state index in [4.69, 9.17) is 4.84 Å². The van der Waals surface area contributed by atoms with E-state index in [9.17, 15) is 4.39 Å². The Kier molecular flexibility index (Phi) is 3.88. The maximum absolute atomic E-state index is 13.8. The number of anilines is 1. The predicted octanol–water partition coefficient (Wildman–Crippen LogP) is 5.73. The topological polar surface area (TPSA) is 34.1 Å². The first-order chi connectivity index (χ1) is 11.6. The molecule has 0 aliphatic heterocycles. The number of hydrogen-bond acceptors (Lipinski definition) is 3. The minimum atomic E-state index is -0.347. The average Bonchev–Trinajstić information content (AvgIpc) is 3.42. The fraction of sp³-hybridized carbons (Fsp3) is 0.211. The Hall–Kier alpha value is -2.14. The normalized spacial score (nSPS) is 14.0. The smallest absolute Gasteiger partial charge is 0.164 e. The largest absolute Gasteiger partial charge is 0.381 e. The summed E-state index contributed by atoms with van der Waals surface area (Å²) in [6, 6.07) is 11.3. The zero-order valence-corrected chi connectivity index (χ0v) is 14.7. The maximum atomic E-state index is 13.8. The van der Waals surface area contributed by atoms with Crippen LogP contribution in [0.5, 0.6) is 5.75 Å². The van der Waals surface area contributed by atoms with Gasteiger partial charge in [0, 0.05) is 23.2 Å². The monoisotopic (exact) mass is 386 g/mol. The standard InChI is InChI=1S/C19H16BrFN2O/c1-11-8-14(9-16(21)18(11)20)24-23-19-17(12-6-7-12)15-5-3-2-4-13(15)10-22-19/h2-5,8-10,12H,6-7H2,1H3,(H,22,23). The number of halogens is 2. The second-order valence-electron chi connectivity index (χ2n) is 6.12. The second kappa shape index (κ2) is 6.06. The number of fused-ring (bicyclic) bond motifs is 1. The Bertz CT molecular complexity index is 901. The third-order valence-electron chi connectivity index (χ3n) is 4.27. The lowest BCUT2D eigenvalue weighted by molar-refractivity contribution is 0.398. The fourth-order valence-corrected chi connectivity index (χ4v) is 3.14. The van der Waals surface area contributed by atoms with Gasteiger partial charge in [0.1, 0.15) is 5.82 Å². The highest BCUT2D eigenvalue weighted by molar-refractivity contribution is 9.10. The molecular formula is C19H16BrFN2O. The van der Waals surface area contributed by atoms with Crippen LogP contribution in [0.4, 0.5) is 10.2 Å². The van der Waals surface area contributed by atoms with Crippen molar-refractivity contribution in [3.05, 3.63) is 64.0 Å². The van der Waals surface area contributed by atoms with Gasteiger partial charge in [0.2, 0.25) is 0 Å². The molecule has 3 aromatic rings. The van der Waals surface area contributed by atoms with Crippen molar-refractivity contribution in [1.29, 1.82) is 0 Å². The molecule has 122 valence electrons. The number of aromatic nitrogens is 1. The van der Waals surface area contributed by atoms with Gasteiger partial charge in [0.15, 0.2) is 11.6 Å². The lowest BCUT2D eigenvalue weighted by Gasteiger charge is -2.14. The van der Waals surface area contributed by atoms with E-state index < -0.39 is 0 Å². The van der Waals surface area contributed by atoms with Gasteiger partial charge in [-0.1, -0.05) is 24.3 Å². The van der Waals surface area contributed by atoms with Gasteiger partial charge in [0.25, 0.3) is 0 Å². The quantitative estimate of drug-likeness (QED) is 0.581. The SMILES string of the molecule is Cc1cc(ONc2ncc3ccccc3c2C2CC2)cc(F)c1Br. The van der Waals surface area contributed by atoms with Crippen LogP contribution in [-0.2, 0) is 0 Å². The van der Waals surface area contributed by atoms with E-state index >= 15 is 0 Å². The highest BCUT2D eigenvalue weighted by Crippen LogP contribution is 2.46. The molecule has 0 unspecified atom stereocenters. The van der Waals surface area contributed by atoms with Crippen LogP contribution in [-0.4, -0.2) is 4.98 Å². The van der Waals surface area contributed by atoms with Crippen molar-refractivity contribution in [2.24, 2.45) is 0 Å². The summed E-state index contributed by atoms with van der Waals surface area (Å²) in [5.74, 6) is 1.29. The summed E-state index contributed by atoms with van der Waals surface area (Å²) < 4.78 is 14.3. The van der Waals surface area contributed by atoms with Crippen LogP contribution in [0.15, 0.2) is 47.1 Å². The van der Waals surface area contributed by atoms with Gasteiger partial charge in [-0.2, -0.15) is 0 Å². The summed E-state index contributed by atoms with van der Waals surface area (Å²) >= 11 is 3.21. The third-order valence-corrected chi connectivity index (χ3v) is 5.28. The molecule has 0 radical (unpaired) electrons. The summed E-state index contributed by atoms with van der Waals surface area (Å²) in [4.78, 5) is 10.1. The molecule has 24 heavy (non-hydrogen) atoms. The first kappa shape index (κ1) is 15.4. The van der Waals surface area contributed by atoms with Crippen LogP contribution in [0.3, 0.4) is 0 Å². The molecule has 1 heterocycles. The van der Waals surface area contributed by atoms with Crippen molar-refractivity contribution in [1.82, 2.24) is 4.98 Å². The van der Waals surface area contributed by atoms with Crippen LogP contribution in [0, 0.1) is 12.7 Å². The molecule has 1 saturated carbocycles. The molecule has 1 N–H and O–H groups in total. The number of pyridine rings is 1. The lowest BCUT2D eigenvalue weighted by Crippen LogP contribution is -2.09. The van der Waals surface area contributed by atoms with Crippen molar-refractivity contribution in [2.75, 3.05) is 5.48 Å². The van der Waals surface area contributed by atoms with E-state index in [-0.39, 0.29) is 5.82 Å². The Morgan fingerprint density at radius 1 is 1.25 bits per heavy atom. The fourth-order valence-electron chi connectivity index (χ4n) is 2.91. The number of rotatable bonds is 4. The maximum Gasteiger partial charge on any atom is 0.164 e. The number of nitrogens with one attached hydrogen (secondary N) is 1.